The van der Waals surface area contributed by atoms with Crippen molar-refractivity contribution in [3.8, 4) is 0 Å². The maximum atomic E-state index is 5.55. The lowest BCUT2D eigenvalue weighted by Gasteiger charge is -2.12. The minimum Gasteiger partial charge on any atom is -0.466 e. The van der Waals surface area contributed by atoms with E-state index in [2.05, 4.69) is 23.3 Å². The van der Waals surface area contributed by atoms with Gasteiger partial charge >= 0.3 is 0 Å². The fraction of sp³-hybridized carbons (Fsp3) is 0.400. The Morgan fingerprint density at radius 3 is 2.67 bits per heavy atom. The first-order valence-corrected chi connectivity index (χ1v) is 6.29. The molecule has 0 saturated heterocycles. The second kappa shape index (κ2) is 5.36. The minimum atomic E-state index is 0.268. The van der Waals surface area contributed by atoms with Gasteiger partial charge in [-0.3, -0.25) is 4.98 Å². The molecule has 3 nitrogen and oxygen atoms in total. The highest BCUT2D eigenvalue weighted by Crippen LogP contribution is 2.21. The third kappa shape index (κ3) is 2.99. The number of nitrogens with zero attached hydrogens (tertiary/aromatic N) is 1. The van der Waals surface area contributed by atoms with Crippen molar-refractivity contribution in [2.45, 2.75) is 40.3 Å². The van der Waals surface area contributed by atoms with Crippen LogP contribution in [0, 0.1) is 20.8 Å². The molecule has 96 valence electrons. The molecule has 2 rings (SSSR count). The summed E-state index contributed by atoms with van der Waals surface area (Å²) in [5, 5.41) is 3.47. The summed E-state index contributed by atoms with van der Waals surface area (Å²) in [7, 11) is 0. The molecule has 0 fully saturated rings. The van der Waals surface area contributed by atoms with Gasteiger partial charge in [0, 0.05) is 23.8 Å². The summed E-state index contributed by atoms with van der Waals surface area (Å²) in [5.74, 6) is 1.95. The molecule has 0 saturated carbocycles. The zero-order valence-electron chi connectivity index (χ0n) is 11.4. The minimum absolute atomic E-state index is 0.268. The standard InChI is InChI=1S/C15H20N2O/c1-10-6-5-7-14(17-10)9-16-12(3)15-8-11(2)18-13(15)4/h5-8,12,16H,9H2,1-4H3. The number of aryl methyl sites for hydroxylation is 3. The summed E-state index contributed by atoms with van der Waals surface area (Å²) in [6.07, 6.45) is 0. The molecular weight excluding hydrogens is 224 g/mol. The Bertz CT molecular complexity index is 531. The van der Waals surface area contributed by atoms with Gasteiger partial charge in [-0.25, -0.2) is 0 Å². The molecule has 3 heteroatoms. The predicted octanol–water partition coefficient (Wildman–Crippen LogP) is 3.45. The summed E-state index contributed by atoms with van der Waals surface area (Å²) in [4.78, 5) is 4.48. The zero-order valence-corrected chi connectivity index (χ0v) is 11.4. The lowest BCUT2D eigenvalue weighted by molar-refractivity contribution is 0.489. The molecule has 1 unspecified atom stereocenters. The molecule has 0 radical (unpaired) electrons. The van der Waals surface area contributed by atoms with E-state index in [0.717, 1.165) is 29.5 Å². The zero-order chi connectivity index (χ0) is 13.1. The molecular formula is C15H20N2O. The molecule has 2 aromatic rings. The quantitative estimate of drug-likeness (QED) is 0.895. The van der Waals surface area contributed by atoms with E-state index in [-0.39, 0.29) is 6.04 Å². The number of aromatic nitrogens is 1. The van der Waals surface area contributed by atoms with Gasteiger partial charge in [0.1, 0.15) is 11.5 Å². The lowest BCUT2D eigenvalue weighted by Crippen LogP contribution is -2.19. The van der Waals surface area contributed by atoms with Gasteiger partial charge in [-0.15, -0.1) is 0 Å². The number of hydrogen-bond acceptors (Lipinski definition) is 3. The Morgan fingerprint density at radius 1 is 1.28 bits per heavy atom. The van der Waals surface area contributed by atoms with Crippen LogP contribution in [-0.2, 0) is 6.54 Å². The summed E-state index contributed by atoms with van der Waals surface area (Å²) in [6.45, 7) is 8.91. The molecule has 0 aliphatic rings. The van der Waals surface area contributed by atoms with Gasteiger partial charge in [-0.2, -0.15) is 0 Å². The first kappa shape index (κ1) is 12.8. The van der Waals surface area contributed by atoms with Crippen molar-refractivity contribution in [1.82, 2.24) is 10.3 Å². The fourth-order valence-corrected chi connectivity index (χ4v) is 2.15. The highest BCUT2D eigenvalue weighted by atomic mass is 16.3. The maximum absolute atomic E-state index is 5.55. The van der Waals surface area contributed by atoms with Crippen molar-refractivity contribution in [2.75, 3.05) is 0 Å². The van der Waals surface area contributed by atoms with Gasteiger partial charge in [-0.1, -0.05) is 6.07 Å². The predicted molar refractivity (Wildman–Crippen MR) is 72.4 cm³/mol. The van der Waals surface area contributed by atoms with E-state index in [9.17, 15) is 0 Å². The van der Waals surface area contributed by atoms with Crippen molar-refractivity contribution in [1.29, 1.82) is 0 Å². The van der Waals surface area contributed by atoms with Gasteiger partial charge in [0.15, 0.2) is 0 Å². The lowest BCUT2D eigenvalue weighted by atomic mass is 10.1. The van der Waals surface area contributed by atoms with Crippen LogP contribution in [0.1, 0.15) is 41.4 Å². The molecule has 0 aliphatic heterocycles. The largest absolute Gasteiger partial charge is 0.466 e. The summed E-state index contributed by atoms with van der Waals surface area (Å²) in [5.41, 5.74) is 3.34. The summed E-state index contributed by atoms with van der Waals surface area (Å²) < 4.78 is 5.55. The normalized spacial score (nSPS) is 12.7. The van der Waals surface area contributed by atoms with E-state index in [1.807, 2.05) is 39.0 Å². The van der Waals surface area contributed by atoms with Crippen molar-refractivity contribution in [3.63, 3.8) is 0 Å². The second-order valence-electron chi connectivity index (χ2n) is 4.74. The Balaban J connectivity index is 2.00. The van der Waals surface area contributed by atoms with Crippen molar-refractivity contribution in [3.05, 3.63) is 52.7 Å². The third-order valence-electron chi connectivity index (χ3n) is 3.08. The van der Waals surface area contributed by atoms with Gasteiger partial charge in [0.05, 0.1) is 5.69 Å². The Kier molecular flexibility index (Phi) is 3.82. The van der Waals surface area contributed by atoms with Gasteiger partial charge in [0.25, 0.3) is 0 Å². The van der Waals surface area contributed by atoms with Crippen LogP contribution in [0.15, 0.2) is 28.7 Å². The first-order valence-electron chi connectivity index (χ1n) is 6.29. The molecule has 0 spiro atoms. The number of hydrogen-bond donors (Lipinski definition) is 1. The molecule has 2 aromatic heterocycles. The van der Waals surface area contributed by atoms with Crippen LogP contribution in [0.4, 0.5) is 0 Å². The number of rotatable bonds is 4. The van der Waals surface area contributed by atoms with Gasteiger partial charge in [0.2, 0.25) is 0 Å². The van der Waals surface area contributed by atoms with E-state index >= 15 is 0 Å². The monoisotopic (exact) mass is 244 g/mol. The van der Waals surface area contributed by atoms with E-state index in [0.29, 0.717) is 0 Å². The maximum Gasteiger partial charge on any atom is 0.105 e. The van der Waals surface area contributed by atoms with Crippen LogP contribution >= 0.6 is 0 Å². The molecule has 18 heavy (non-hydrogen) atoms. The number of pyridine rings is 1. The molecule has 1 atom stereocenters. The molecule has 2 heterocycles. The van der Waals surface area contributed by atoms with Crippen LogP contribution in [0.2, 0.25) is 0 Å². The van der Waals surface area contributed by atoms with Crippen molar-refractivity contribution in [2.24, 2.45) is 0 Å². The van der Waals surface area contributed by atoms with Crippen molar-refractivity contribution >= 4 is 0 Å². The molecule has 0 aliphatic carbocycles. The Labute approximate surface area is 108 Å². The molecule has 0 aromatic carbocycles. The van der Waals surface area contributed by atoms with E-state index in [1.165, 1.54) is 5.56 Å². The van der Waals surface area contributed by atoms with Crippen LogP contribution in [0.25, 0.3) is 0 Å². The molecule has 0 bridgehead atoms. The topological polar surface area (TPSA) is 38.1 Å². The average molecular weight is 244 g/mol. The van der Waals surface area contributed by atoms with Crippen LogP contribution < -0.4 is 5.32 Å². The fourth-order valence-electron chi connectivity index (χ4n) is 2.15. The second-order valence-corrected chi connectivity index (χ2v) is 4.74. The smallest absolute Gasteiger partial charge is 0.105 e. The van der Waals surface area contributed by atoms with Crippen molar-refractivity contribution < 1.29 is 4.42 Å². The van der Waals surface area contributed by atoms with Gasteiger partial charge in [-0.05, 0) is 45.9 Å². The first-order chi connectivity index (χ1) is 8.56. The Morgan fingerprint density at radius 2 is 2.06 bits per heavy atom. The van der Waals surface area contributed by atoms with Gasteiger partial charge < -0.3 is 9.73 Å². The van der Waals surface area contributed by atoms with E-state index < -0.39 is 0 Å². The highest BCUT2D eigenvalue weighted by molar-refractivity contribution is 5.23. The van der Waals surface area contributed by atoms with Crippen LogP contribution in [0.3, 0.4) is 0 Å². The highest BCUT2D eigenvalue weighted by Gasteiger charge is 2.12. The number of nitrogens with one attached hydrogen (secondary N) is 1. The van der Waals surface area contributed by atoms with E-state index in [4.69, 9.17) is 4.42 Å². The summed E-state index contributed by atoms with van der Waals surface area (Å²) >= 11 is 0. The SMILES string of the molecule is Cc1cccc(CNC(C)c2cc(C)oc2C)n1. The third-order valence-corrected chi connectivity index (χ3v) is 3.08. The summed E-state index contributed by atoms with van der Waals surface area (Å²) in [6, 6.07) is 8.45. The average Bonchev–Trinajstić information content (AvgIpc) is 2.66. The van der Waals surface area contributed by atoms with E-state index in [1.54, 1.807) is 0 Å². The Hall–Kier alpha value is -1.61. The number of furan rings is 1. The van der Waals surface area contributed by atoms with Crippen LogP contribution in [0.5, 0.6) is 0 Å². The van der Waals surface area contributed by atoms with Crippen LogP contribution in [-0.4, -0.2) is 4.98 Å². The molecule has 0 amide bonds. The molecule has 1 N–H and O–H groups in total.